The number of carboxylic acids is 2. The third-order valence-electron chi connectivity index (χ3n) is 3.53. The lowest BCUT2D eigenvalue weighted by Crippen LogP contribution is -2.55. The molecule has 0 spiro atoms. The van der Waals surface area contributed by atoms with E-state index in [9.17, 15) is 24.0 Å². The van der Waals surface area contributed by atoms with Gasteiger partial charge in [-0.1, -0.05) is 0 Å². The maximum absolute atomic E-state index is 12.3. The van der Waals surface area contributed by atoms with Crippen molar-refractivity contribution < 1.29 is 34.2 Å². The number of nitrogens with one attached hydrogen (secondary N) is 3. The van der Waals surface area contributed by atoms with Gasteiger partial charge >= 0.3 is 11.9 Å². The minimum atomic E-state index is -1.63. The summed E-state index contributed by atoms with van der Waals surface area (Å²) in [5.41, 5.74) is 10.6. The number of hydrogen-bond acceptors (Lipinski definition) is 7. The summed E-state index contributed by atoms with van der Waals surface area (Å²) >= 11 is 0. The number of hydrogen-bond donors (Lipinski definition) is 7. The molecular weight excluding hydrogens is 362 g/mol. The predicted molar refractivity (Wildman–Crippen MR) is 93.3 cm³/mol. The van der Waals surface area contributed by atoms with Gasteiger partial charge in [0, 0.05) is 0 Å². The average molecular weight is 389 g/mol. The minimum Gasteiger partial charge on any atom is -0.481 e. The molecule has 0 saturated heterocycles. The molecule has 0 aromatic carbocycles. The van der Waals surface area contributed by atoms with E-state index < -0.39 is 54.2 Å². The molecule has 27 heavy (non-hydrogen) atoms. The van der Waals surface area contributed by atoms with Crippen LogP contribution in [0.25, 0.3) is 0 Å². The van der Waals surface area contributed by atoms with E-state index in [1.807, 2.05) is 5.32 Å². The first-order valence-corrected chi connectivity index (χ1v) is 8.37. The van der Waals surface area contributed by atoms with Gasteiger partial charge in [-0.3, -0.25) is 19.2 Å². The zero-order valence-electron chi connectivity index (χ0n) is 15.1. The highest BCUT2D eigenvalue weighted by Gasteiger charge is 2.28. The summed E-state index contributed by atoms with van der Waals surface area (Å²) in [4.78, 5) is 57.4. The molecule has 154 valence electrons. The van der Waals surface area contributed by atoms with Crippen LogP contribution in [0.1, 0.15) is 32.6 Å². The van der Waals surface area contributed by atoms with Crippen molar-refractivity contribution in [3.05, 3.63) is 0 Å². The van der Waals surface area contributed by atoms with Crippen LogP contribution in [0, 0.1) is 0 Å². The number of rotatable bonds is 13. The van der Waals surface area contributed by atoms with Crippen LogP contribution >= 0.6 is 0 Å². The Bertz CT molecular complexity index is 555. The Labute approximate surface area is 156 Å². The lowest BCUT2D eigenvalue weighted by molar-refractivity contribution is -0.147. The van der Waals surface area contributed by atoms with Crippen LogP contribution in [0.15, 0.2) is 0 Å². The normalized spacial score (nSPS) is 13.7. The number of aliphatic carboxylic acids is 2. The highest BCUT2D eigenvalue weighted by Crippen LogP contribution is 2.02. The first-order valence-electron chi connectivity index (χ1n) is 8.37. The van der Waals surface area contributed by atoms with Gasteiger partial charge in [-0.05, 0) is 32.7 Å². The molecule has 3 atom stereocenters. The number of nitrogens with two attached hydrogens (primary N) is 2. The third kappa shape index (κ3) is 10.1. The number of carbonyl (C=O) groups is 5. The van der Waals surface area contributed by atoms with Crippen molar-refractivity contribution in [2.45, 2.75) is 50.7 Å². The Hall–Kier alpha value is -2.73. The number of carboxylic acid groups (broad SMARTS) is 2. The van der Waals surface area contributed by atoms with Crippen LogP contribution in [-0.4, -0.2) is 71.1 Å². The number of unbranched alkanes of at least 4 members (excludes halogenated alkanes) is 1. The molecule has 0 bridgehead atoms. The van der Waals surface area contributed by atoms with Gasteiger partial charge in [-0.2, -0.15) is 0 Å². The molecule has 0 rings (SSSR count). The largest absolute Gasteiger partial charge is 0.481 e. The molecule has 9 N–H and O–H groups in total. The average Bonchev–Trinajstić information content (AvgIpc) is 2.59. The van der Waals surface area contributed by atoms with Gasteiger partial charge in [0.2, 0.25) is 17.7 Å². The van der Waals surface area contributed by atoms with Gasteiger partial charge in [0.15, 0.2) is 0 Å². The predicted octanol–water partition coefficient (Wildman–Crippen LogP) is -2.89. The van der Waals surface area contributed by atoms with E-state index in [-0.39, 0.29) is 13.0 Å². The Morgan fingerprint density at radius 3 is 2.00 bits per heavy atom. The molecule has 12 heteroatoms. The Morgan fingerprint density at radius 2 is 1.52 bits per heavy atom. The van der Waals surface area contributed by atoms with E-state index in [4.69, 9.17) is 21.7 Å². The summed E-state index contributed by atoms with van der Waals surface area (Å²) in [6.45, 7) is 1.40. The quantitative estimate of drug-likeness (QED) is 0.161. The van der Waals surface area contributed by atoms with E-state index in [0.717, 1.165) is 0 Å². The molecular formula is C15H27N5O7. The fourth-order valence-corrected chi connectivity index (χ4v) is 2.07. The fraction of sp³-hybridized carbons (Fsp3) is 0.667. The maximum atomic E-state index is 12.3. The number of carbonyl (C=O) groups excluding carboxylic acids is 3. The molecule has 0 saturated carbocycles. The molecule has 0 aliphatic carbocycles. The molecule has 0 radical (unpaired) electrons. The first kappa shape index (κ1) is 24.3. The van der Waals surface area contributed by atoms with Gasteiger partial charge in [0.05, 0.1) is 13.0 Å². The highest BCUT2D eigenvalue weighted by molar-refractivity contribution is 5.94. The molecule has 0 aromatic rings. The summed E-state index contributed by atoms with van der Waals surface area (Å²) in [5.74, 6) is -4.99. The molecule has 0 aromatic heterocycles. The maximum Gasteiger partial charge on any atom is 0.326 e. The minimum absolute atomic E-state index is 0.278. The standard InChI is InChI=1S/C15H27N5O7/c1-8(13(24)20-10(15(26)27)6-12(22)23)18-14(25)9(4-2-3-5-16)19-11(21)7-17/h8-10H,2-7,16-17H2,1H3,(H,18,25)(H,19,21)(H,20,24)(H,22,23)(H,26,27). The van der Waals surface area contributed by atoms with Crippen molar-refractivity contribution in [2.75, 3.05) is 13.1 Å². The smallest absolute Gasteiger partial charge is 0.326 e. The fourth-order valence-electron chi connectivity index (χ4n) is 2.07. The van der Waals surface area contributed by atoms with Gasteiger partial charge in [0.1, 0.15) is 18.1 Å². The number of amides is 3. The Kier molecular flexibility index (Phi) is 11.3. The van der Waals surface area contributed by atoms with E-state index in [1.165, 1.54) is 6.92 Å². The topological polar surface area (TPSA) is 214 Å². The second kappa shape index (κ2) is 12.6. The molecule has 3 unspecified atom stereocenters. The molecule has 0 heterocycles. The summed E-state index contributed by atoms with van der Waals surface area (Å²) < 4.78 is 0. The monoisotopic (exact) mass is 389 g/mol. The van der Waals surface area contributed by atoms with Crippen molar-refractivity contribution in [3.8, 4) is 0 Å². The van der Waals surface area contributed by atoms with E-state index in [1.54, 1.807) is 0 Å². The summed E-state index contributed by atoms with van der Waals surface area (Å²) in [6, 6.07) is -3.72. The Morgan fingerprint density at radius 1 is 0.889 bits per heavy atom. The second-order valence-corrected chi connectivity index (χ2v) is 5.84. The van der Waals surface area contributed by atoms with Crippen LogP contribution in [0.4, 0.5) is 0 Å². The highest BCUT2D eigenvalue weighted by atomic mass is 16.4. The van der Waals surface area contributed by atoms with Gasteiger partial charge in [0.25, 0.3) is 0 Å². The van der Waals surface area contributed by atoms with Gasteiger partial charge < -0.3 is 37.6 Å². The van der Waals surface area contributed by atoms with Crippen molar-refractivity contribution in [1.29, 1.82) is 0 Å². The van der Waals surface area contributed by atoms with Crippen LogP contribution in [-0.2, 0) is 24.0 Å². The van der Waals surface area contributed by atoms with E-state index in [0.29, 0.717) is 19.4 Å². The zero-order chi connectivity index (χ0) is 21.0. The van der Waals surface area contributed by atoms with Crippen molar-refractivity contribution >= 4 is 29.7 Å². The van der Waals surface area contributed by atoms with E-state index >= 15 is 0 Å². The molecule has 12 nitrogen and oxygen atoms in total. The van der Waals surface area contributed by atoms with E-state index in [2.05, 4.69) is 10.6 Å². The second-order valence-electron chi connectivity index (χ2n) is 5.84. The first-order chi connectivity index (χ1) is 12.6. The molecule has 0 aliphatic heterocycles. The summed E-state index contributed by atoms with van der Waals surface area (Å²) in [5, 5.41) is 24.4. The molecule has 0 aliphatic rings. The van der Waals surface area contributed by atoms with Crippen LogP contribution in [0.2, 0.25) is 0 Å². The van der Waals surface area contributed by atoms with Crippen molar-refractivity contribution in [3.63, 3.8) is 0 Å². The SMILES string of the molecule is CC(NC(=O)C(CCCCN)NC(=O)CN)C(=O)NC(CC(=O)O)C(=O)O. The summed E-state index contributed by atoms with van der Waals surface area (Å²) in [7, 11) is 0. The lowest BCUT2D eigenvalue weighted by atomic mass is 10.1. The van der Waals surface area contributed by atoms with Crippen LogP contribution < -0.4 is 27.4 Å². The third-order valence-corrected chi connectivity index (χ3v) is 3.53. The van der Waals surface area contributed by atoms with Crippen LogP contribution in [0.3, 0.4) is 0 Å². The Balaban J connectivity index is 4.86. The van der Waals surface area contributed by atoms with Crippen molar-refractivity contribution in [2.24, 2.45) is 11.5 Å². The zero-order valence-corrected chi connectivity index (χ0v) is 15.1. The summed E-state index contributed by atoms with van der Waals surface area (Å²) in [6.07, 6.45) is 0.656. The lowest BCUT2D eigenvalue weighted by Gasteiger charge is -2.22. The van der Waals surface area contributed by atoms with Crippen LogP contribution in [0.5, 0.6) is 0 Å². The molecule has 0 fully saturated rings. The van der Waals surface area contributed by atoms with Crippen molar-refractivity contribution in [1.82, 2.24) is 16.0 Å². The van der Waals surface area contributed by atoms with Gasteiger partial charge in [-0.25, -0.2) is 4.79 Å². The van der Waals surface area contributed by atoms with Gasteiger partial charge in [-0.15, -0.1) is 0 Å². The molecule has 3 amide bonds.